The molecule has 4 atom stereocenters. The molecular formula is C14H18F3N3O7. The third-order valence-corrected chi connectivity index (χ3v) is 3.99. The lowest BCUT2D eigenvalue weighted by Gasteiger charge is -2.18. The molecule has 0 spiro atoms. The summed E-state index contributed by atoms with van der Waals surface area (Å²) >= 11 is 0. The highest BCUT2D eigenvalue weighted by Crippen LogP contribution is 2.27. The fourth-order valence-corrected chi connectivity index (χ4v) is 2.58. The van der Waals surface area contributed by atoms with Crippen molar-refractivity contribution in [1.82, 2.24) is 14.5 Å². The fraction of sp³-hybridized carbons (Fsp3) is 0.643. The number of aliphatic hydroxyl groups excluding tert-OH is 3. The van der Waals surface area contributed by atoms with Crippen molar-refractivity contribution < 1.29 is 38.0 Å². The molecule has 0 aliphatic carbocycles. The van der Waals surface area contributed by atoms with E-state index in [1.54, 1.807) is 5.32 Å². The van der Waals surface area contributed by atoms with E-state index in [4.69, 9.17) is 9.84 Å². The summed E-state index contributed by atoms with van der Waals surface area (Å²) in [5, 5.41) is 30.4. The van der Waals surface area contributed by atoms with Crippen LogP contribution in [0.1, 0.15) is 12.6 Å². The van der Waals surface area contributed by atoms with Crippen LogP contribution in [0.3, 0.4) is 0 Å². The summed E-state index contributed by atoms with van der Waals surface area (Å²) in [6.45, 7) is -1.33. The lowest BCUT2D eigenvalue weighted by Crippen LogP contribution is -2.43. The number of aliphatic hydroxyl groups is 3. The first kappa shape index (κ1) is 21.1. The van der Waals surface area contributed by atoms with E-state index in [-0.39, 0.29) is 13.0 Å². The molecule has 13 heteroatoms. The van der Waals surface area contributed by atoms with Crippen LogP contribution in [-0.2, 0) is 16.1 Å². The number of alkyl halides is 3. The lowest BCUT2D eigenvalue weighted by atomic mass is 10.1. The number of rotatable bonds is 6. The summed E-state index contributed by atoms with van der Waals surface area (Å²) in [4.78, 5) is 35.0. The molecule has 1 aliphatic heterocycles. The molecule has 1 aliphatic rings. The largest absolute Gasteiger partial charge is 0.471 e. The molecule has 2 heterocycles. The number of amides is 1. The monoisotopic (exact) mass is 397 g/mol. The van der Waals surface area contributed by atoms with Gasteiger partial charge in [0.2, 0.25) is 0 Å². The Hall–Kier alpha value is -2.22. The molecule has 0 aromatic carbocycles. The highest BCUT2D eigenvalue weighted by atomic mass is 19.4. The number of halogens is 3. The molecule has 1 saturated heterocycles. The van der Waals surface area contributed by atoms with Crippen LogP contribution < -0.4 is 16.6 Å². The second-order valence-electron chi connectivity index (χ2n) is 5.83. The SMILES string of the molecule is O=C(NCCCn1c(=O)ccn([C@H]2O[C@@H](CO)C(O)C2O)c1=O)C(F)(F)F. The van der Waals surface area contributed by atoms with Crippen molar-refractivity contribution >= 4 is 5.91 Å². The zero-order valence-corrected chi connectivity index (χ0v) is 13.8. The Morgan fingerprint density at radius 1 is 1.26 bits per heavy atom. The summed E-state index contributed by atoms with van der Waals surface area (Å²) in [5.74, 6) is -2.13. The van der Waals surface area contributed by atoms with Gasteiger partial charge in [0, 0.05) is 25.4 Å². The van der Waals surface area contributed by atoms with E-state index in [0.717, 1.165) is 16.8 Å². The predicted molar refractivity (Wildman–Crippen MR) is 81.7 cm³/mol. The molecule has 1 fully saturated rings. The van der Waals surface area contributed by atoms with Gasteiger partial charge < -0.3 is 25.4 Å². The molecule has 1 aromatic heterocycles. The quantitative estimate of drug-likeness (QED) is 0.395. The van der Waals surface area contributed by atoms with Crippen molar-refractivity contribution in [1.29, 1.82) is 0 Å². The Morgan fingerprint density at radius 3 is 2.48 bits per heavy atom. The van der Waals surface area contributed by atoms with Gasteiger partial charge in [-0.25, -0.2) is 4.79 Å². The summed E-state index contributed by atoms with van der Waals surface area (Å²) in [7, 11) is 0. The second kappa shape index (κ2) is 8.21. The Balaban J connectivity index is 2.11. The van der Waals surface area contributed by atoms with Crippen molar-refractivity contribution in [2.45, 2.75) is 43.7 Å². The Labute approximate surface area is 149 Å². The Bertz CT molecular complexity index is 791. The van der Waals surface area contributed by atoms with Gasteiger partial charge in [-0.1, -0.05) is 0 Å². The van der Waals surface area contributed by atoms with Crippen LogP contribution in [-0.4, -0.2) is 68.0 Å². The van der Waals surface area contributed by atoms with E-state index in [1.165, 1.54) is 0 Å². The number of hydrogen-bond acceptors (Lipinski definition) is 7. The molecule has 0 radical (unpaired) electrons. The molecule has 27 heavy (non-hydrogen) atoms. The maximum absolute atomic E-state index is 12.4. The van der Waals surface area contributed by atoms with Crippen LogP contribution >= 0.6 is 0 Å². The van der Waals surface area contributed by atoms with Crippen LogP contribution in [0.4, 0.5) is 13.2 Å². The Kier molecular flexibility index (Phi) is 6.41. The van der Waals surface area contributed by atoms with Gasteiger partial charge in [-0.3, -0.25) is 18.7 Å². The minimum atomic E-state index is -5.03. The van der Waals surface area contributed by atoms with Gasteiger partial charge in [0.1, 0.15) is 18.3 Å². The zero-order chi connectivity index (χ0) is 20.4. The normalized spacial score (nSPS) is 25.6. The first-order valence-electron chi connectivity index (χ1n) is 7.87. The van der Waals surface area contributed by atoms with E-state index >= 15 is 0 Å². The van der Waals surface area contributed by atoms with Gasteiger partial charge in [0.05, 0.1) is 6.61 Å². The van der Waals surface area contributed by atoms with E-state index in [1.807, 2.05) is 0 Å². The molecule has 2 rings (SSSR count). The number of nitrogens with one attached hydrogen (secondary N) is 1. The van der Waals surface area contributed by atoms with E-state index < -0.39 is 61.0 Å². The smallest absolute Gasteiger partial charge is 0.394 e. The number of carbonyl (C=O) groups excluding carboxylic acids is 1. The van der Waals surface area contributed by atoms with Crippen LogP contribution in [0, 0.1) is 0 Å². The maximum atomic E-state index is 12.4. The molecule has 2 unspecified atom stereocenters. The molecule has 0 saturated carbocycles. The summed E-state index contributed by atoms with van der Waals surface area (Å²) in [5.41, 5.74) is -1.68. The van der Waals surface area contributed by atoms with E-state index in [0.29, 0.717) is 4.57 Å². The summed E-state index contributed by atoms with van der Waals surface area (Å²) < 4.78 is 43.0. The van der Waals surface area contributed by atoms with Gasteiger partial charge in [-0.2, -0.15) is 13.2 Å². The zero-order valence-electron chi connectivity index (χ0n) is 13.8. The summed E-state index contributed by atoms with van der Waals surface area (Å²) in [6.07, 6.45) is -9.63. The van der Waals surface area contributed by atoms with Gasteiger partial charge in [-0.05, 0) is 6.42 Å². The molecular weight excluding hydrogens is 379 g/mol. The maximum Gasteiger partial charge on any atom is 0.471 e. The number of ether oxygens (including phenoxy) is 1. The number of nitrogens with zero attached hydrogens (tertiary/aromatic N) is 2. The first-order chi connectivity index (χ1) is 12.6. The minimum Gasteiger partial charge on any atom is -0.394 e. The molecule has 0 bridgehead atoms. The number of carbonyl (C=O) groups is 1. The predicted octanol–water partition coefficient (Wildman–Crippen LogP) is -2.31. The van der Waals surface area contributed by atoms with Gasteiger partial charge in [-0.15, -0.1) is 0 Å². The van der Waals surface area contributed by atoms with E-state index in [9.17, 15) is 37.8 Å². The standard InChI is InChI=1S/C14H18F3N3O7/c15-14(16,17)12(25)18-3-1-4-19-8(22)2-5-20(13(19)26)11-10(24)9(23)7(6-21)27-11/h2,5,7,9-11,21,23-24H,1,3-4,6H2,(H,18,25)/t7-,9?,10?,11-/m0/s1. The number of aromatic nitrogens is 2. The van der Waals surface area contributed by atoms with Gasteiger partial charge in [0.25, 0.3) is 5.56 Å². The van der Waals surface area contributed by atoms with Crippen molar-refractivity contribution in [3.63, 3.8) is 0 Å². The topological polar surface area (TPSA) is 143 Å². The third kappa shape index (κ3) is 4.55. The van der Waals surface area contributed by atoms with Crippen LogP contribution in [0.5, 0.6) is 0 Å². The average Bonchev–Trinajstić information content (AvgIpc) is 2.88. The van der Waals surface area contributed by atoms with Crippen molar-refractivity contribution in [2.75, 3.05) is 13.2 Å². The molecule has 152 valence electrons. The van der Waals surface area contributed by atoms with Crippen molar-refractivity contribution in [3.8, 4) is 0 Å². The first-order valence-corrected chi connectivity index (χ1v) is 7.87. The molecule has 1 aromatic rings. The van der Waals surface area contributed by atoms with Crippen molar-refractivity contribution in [2.24, 2.45) is 0 Å². The summed E-state index contributed by atoms with van der Waals surface area (Å²) in [6, 6.07) is 0.977. The number of hydrogen-bond donors (Lipinski definition) is 4. The fourth-order valence-electron chi connectivity index (χ4n) is 2.58. The van der Waals surface area contributed by atoms with Crippen LogP contribution in [0.25, 0.3) is 0 Å². The molecule has 10 nitrogen and oxygen atoms in total. The third-order valence-electron chi connectivity index (χ3n) is 3.99. The lowest BCUT2D eigenvalue weighted by molar-refractivity contribution is -0.173. The molecule has 1 amide bonds. The van der Waals surface area contributed by atoms with Gasteiger partial charge in [0.15, 0.2) is 6.23 Å². The average molecular weight is 397 g/mol. The Morgan fingerprint density at radius 2 is 1.93 bits per heavy atom. The minimum absolute atomic E-state index is 0.142. The van der Waals surface area contributed by atoms with Crippen LogP contribution in [0.15, 0.2) is 21.9 Å². The second-order valence-corrected chi connectivity index (χ2v) is 5.83. The van der Waals surface area contributed by atoms with Crippen LogP contribution in [0.2, 0.25) is 0 Å². The van der Waals surface area contributed by atoms with E-state index in [2.05, 4.69) is 0 Å². The van der Waals surface area contributed by atoms with Gasteiger partial charge >= 0.3 is 17.8 Å². The highest BCUT2D eigenvalue weighted by molar-refractivity contribution is 5.81. The van der Waals surface area contributed by atoms with Crippen molar-refractivity contribution in [3.05, 3.63) is 33.1 Å². The molecule has 4 N–H and O–H groups in total. The highest BCUT2D eigenvalue weighted by Gasteiger charge is 2.44.